The maximum absolute atomic E-state index is 5.99. The van der Waals surface area contributed by atoms with Gasteiger partial charge in [-0.15, -0.1) is 23.2 Å². The molecular weight excluding hydrogens is 226 g/mol. The van der Waals surface area contributed by atoms with Crippen molar-refractivity contribution in [1.29, 1.82) is 0 Å². The summed E-state index contributed by atoms with van der Waals surface area (Å²) in [6, 6.07) is 0. The Bertz CT molecular complexity index is 227. The number of halogens is 4. The molecule has 0 saturated heterocycles. The van der Waals surface area contributed by atoms with Crippen molar-refractivity contribution in [2.24, 2.45) is 0 Å². The van der Waals surface area contributed by atoms with E-state index in [1.165, 1.54) is 0 Å². The average Bonchev–Trinajstić information content (AvgIpc) is 1.83. The molecular formula is C7H6Cl4. The molecule has 2 unspecified atom stereocenters. The summed E-state index contributed by atoms with van der Waals surface area (Å²) < 4.78 is 0. The molecule has 1 aliphatic rings. The highest BCUT2D eigenvalue weighted by atomic mass is 35.5. The highest BCUT2D eigenvalue weighted by Gasteiger charge is 2.31. The van der Waals surface area contributed by atoms with Crippen molar-refractivity contribution in [3.63, 3.8) is 0 Å². The van der Waals surface area contributed by atoms with Crippen LogP contribution in [0.3, 0.4) is 0 Å². The molecule has 1 rings (SSSR count). The van der Waals surface area contributed by atoms with Crippen LogP contribution in [0, 0.1) is 0 Å². The van der Waals surface area contributed by atoms with E-state index in [0.29, 0.717) is 10.1 Å². The minimum atomic E-state index is -0.628. The number of allylic oxidation sites excluding steroid dienone is 4. The van der Waals surface area contributed by atoms with Crippen LogP contribution in [0.1, 0.15) is 6.92 Å². The fraction of sp³-hybridized carbons (Fsp3) is 0.429. The van der Waals surface area contributed by atoms with Crippen LogP contribution in [0.5, 0.6) is 0 Å². The van der Waals surface area contributed by atoms with Crippen LogP contribution in [-0.2, 0) is 0 Å². The van der Waals surface area contributed by atoms with E-state index in [4.69, 9.17) is 46.4 Å². The molecule has 4 heteroatoms. The van der Waals surface area contributed by atoms with Gasteiger partial charge in [-0.25, -0.2) is 0 Å². The zero-order valence-electron chi connectivity index (χ0n) is 5.74. The highest BCUT2D eigenvalue weighted by Crippen LogP contribution is 2.37. The first-order valence-corrected chi connectivity index (χ1v) is 4.59. The Balaban J connectivity index is 2.98. The third kappa shape index (κ3) is 2.06. The summed E-state index contributed by atoms with van der Waals surface area (Å²) in [5.41, 5.74) is 0. The lowest BCUT2D eigenvalue weighted by Gasteiger charge is -2.25. The van der Waals surface area contributed by atoms with Gasteiger partial charge >= 0.3 is 0 Å². The van der Waals surface area contributed by atoms with Crippen molar-refractivity contribution < 1.29 is 0 Å². The van der Waals surface area contributed by atoms with Crippen molar-refractivity contribution in [2.75, 3.05) is 0 Å². The zero-order chi connectivity index (χ0) is 8.65. The van der Waals surface area contributed by atoms with Crippen LogP contribution in [-0.4, -0.2) is 10.3 Å². The Kier molecular flexibility index (Phi) is 2.81. The molecule has 0 heterocycles. The molecule has 2 atom stereocenters. The molecule has 1 aliphatic carbocycles. The topological polar surface area (TPSA) is 0 Å². The van der Waals surface area contributed by atoms with Crippen LogP contribution in [0.2, 0.25) is 0 Å². The van der Waals surface area contributed by atoms with Gasteiger partial charge in [0.2, 0.25) is 0 Å². The summed E-state index contributed by atoms with van der Waals surface area (Å²) in [5, 5.41) is 0.616. The molecule has 0 saturated carbocycles. The maximum atomic E-state index is 5.99. The largest absolute Gasteiger partial charge is 0.116 e. The summed E-state index contributed by atoms with van der Waals surface area (Å²) >= 11 is 23.3. The molecule has 0 spiro atoms. The zero-order valence-corrected chi connectivity index (χ0v) is 8.77. The van der Waals surface area contributed by atoms with E-state index < -0.39 is 4.87 Å². The van der Waals surface area contributed by atoms with Crippen LogP contribution in [0.25, 0.3) is 0 Å². The Hall–Kier alpha value is 0.640. The standard InChI is InChI=1S/C7H6Cl4/c1-7(11)3-5(9)4(8)2-6(7)10/h2-3,6H,1H3. The van der Waals surface area contributed by atoms with Gasteiger partial charge in [0, 0.05) is 0 Å². The van der Waals surface area contributed by atoms with E-state index in [0.717, 1.165) is 0 Å². The fourth-order valence-corrected chi connectivity index (χ4v) is 1.72. The van der Waals surface area contributed by atoms with Gasteiger partial charge in [-0.1, -0.05) is 23.2 Å². The number of hydrogen-bond donors (Lipinski definition) is 0. The molecule has 11 heavy (non-hydrogen) atoms. The van der Waals surface area contributed by atoms with Crippen molar-refractivity contribution in [3.8, 4) is 0 Å². The lowest BCUT2D eigenvalue weighted by molar-refractivity contribution is 0.786. The van der Waals surface area contributed by atoms with Gasteiger partial charge in [-0.3, -0.25) is 0 Å². The predicted octanol–water partition coefficient (Wildman–Crippen LogP) is 3.85. The summed E-state index contributed by atoms with van der Waals surface area (Å²) in [4.78, 5) is -0.628. The first-order valence-electron chi connectivity index (χ1n) is 3.02. The fourth-order valence-electron chi connectivity index (χ4n) is 0.767. The van der Waals surface area contributed by atoms with Gasteiger partial charge in [0.1, 0.15) is 0 Å². The summed E-state index contributed by atoms with van der Waals surface area (Å²) in [7, 11) is 0. The van der Waals surface area contributed by atoms with E-state index in [9.17, 15) is 0 Å². The quantitative estimate of drug-likeness (QED) is 0.556. The number of alkyl halides is 2. The molecule has 62 valence electrons. The van der Waals surface area contributed by atoms with E-state index in [-0.39, 0.29) is 5.38 Å². The highest BCUT2D eigenvalue weighted by molar-refractivity contribution is 6.46. The van der Waals surface area contributed by atoms with Crippen LogP contribution >= 0.6 is 46.4 Å². The molecule has 0 amide bonds. The first kappa shape index (κ1) is 9.73. The summed E-state index contributed by atoms with van der Waals surface area (Å²) in [6.07, 6.45) is 3.29. The van der Waals surface area contributed by atoms with Gasteiger partial charge in [0.05, 0.1) is 20.3 Å². The number of hydrogen-bond acceptors (Lipinski definition) is 0. The Morgan fingerprint density at radius 1 is 1.36 bits per heavy atom. The van der Waals surface area contributed by atoms with Crippen LogP contribution in [0.4, 0.5) is 0 Å². The lowest BCUT2D eigenvalue weighted by Crippen LogP contribution is -2.27. The van der Waals surface area contributed by atoms with Gasteiger partial charge in [-0.05, 0) is 19.1 Å². The van der Waals surface area contributed by atoms with Crippen molar-refractivity contribution in [1.82, 2.24) is 0 Å². The molecule has 0 fully saturated rings. The van der Waals surface area contributed by atoms with Gasteiger partial charge in [0.15, 0.2) is 0 Å². The molecule has 0 nitrogen and oxygen atoms in total. The second-order valence-corrected chi connectivity index (χ2v) is 4.66. The third-order valence-electron chi connectivity index (χ3n) is 1.47. The average molecular weight is 232 g/mol. The molecule has 0 aromatic rings. The second kappa shape index (κ2) is 3.18. The SMILES string of the molecule is CC1(Cl)C=C(Cl)C(Cl)=CC1Cl. The molecule has 0 aromatic carbocycles. The normalized spacial score (nSPS) is 38.1. The minimum Gasteiger partial charge on any atom is -0.116 e. The van der Waals surface area contributed by atoms with Gasteiger partial charge in [-0.2, -0.15) is 0 Å². The van der Waals surface area contributed by atoms with E-state index in [1.54, 1.807) is 19.1 Å². The Labute approximate surface area is 85.8 Å². The third-order valence-corrected chi connectivity index (χ3v) is 3.24. The van der Waals surface area contributed by atoms with E-state index >= 15 is 0 Å². The molecule has 0 aliphatic heterocycles. The Morgan fingerprint density at radius 3 is 2.36 bits per heavy atom. The maximum Gasteiger partial charge on any atom is 0.0814 e. The molecule has 0 radical (unpaired) electrons. The smallest absolute Gasteiger partial charge is 0.0814 e. The minimum absolute atomic E-state index is 0.306. The van der Waals surface area contributed by atoms with E-state index in [2.05, 4.69) is 0 Å². The monoisotopic (exact) mass is 230 g/mol. The van der Waals surface area contributed by atoms with Crippen LogP contribution in [0.15, 0.2) is 22.2 Å². The van der Waals surface area contributed by atoms with Crippen molar-refractivity contribution in [3.05, 3.63) is 22.2 Å². The van der Waals surface area contributed by atoms with Gasteiger partial charge < -0.3 is 0 Å². The van der Waals surface area contributed by atoms with Crippen LogP contribution < -0.4 is 0 Å². The van der Waals surface area contributed by atoms with E-state index in [1.807, 2.05) is 0 Å². The first-order chi connectivity index (χ1) is 4.93. The molecule has 0 bridgehead atoms. The summed E-state index contributed by atoms with van der Waals surface area (Å²) in [6.45, 7) is 1.79. The number of rotatable bonds is 0. The second-order valence-electron chi connectivity index (χ2n) is 2.56. The van der Waals surface area contributed by atoms with Gasteiger partial charge in [0.25, 0.3) is 0 Å². The lowest BCUT2D eigenvalue weighted by atomic mass is 10.0. The Morgan fingerprint density at radius 2 is 1.91 bits per heavy atom. The molecule has 0 aromatic heterocycles. The summed E-state index contributed by atoms with van der Waals surface area (Å²) in [5.74, 6) is 0. The van der Waals surface area contributed by atoms with Crippen molar-refractivity contribution in [2.45, 2.75) is 17.2 Å². The van der Waals surface area contributed by atoms with Crippen molar-refractivity contribution >= 4 is 46.4 Å². The molecule has 0 N–H and O–H groups in total. The predicted molar refractivity (Wildman–Crippen MR) is 51.8 cm³/mol.